The van der Waals surface area contributed by atoms with Crippen molar-refractivity contribution in [2.75, 3.05) is 5.75 Å². The Balaban J connectivity index is 1.80. The molecule has 6 nitrogen and oxygen atoms in total. The lowest BCUT2D eigenvalue weighted by atomic mass is 10.1. The predicted octanol–water partition coefficient (Wildman–Crippen LogP) is 1.29. The highest BCUT2D eigenvalue weighted by atomic mass is 32.2. The third-order valence-corrected chi connectivity index (χ3v) is 5.08. The van der Waals surface area contributed by atoms with Crippen LogP contribution >= 0.6 is 11.8 Å². The number of nitrogens with zero attached hydrogens (tertiary/aromatic N) is 2. The number of aliphatic hydroxyl groups is 3. The van der Waals surface area contributed by atoms with Crippen LogP contribution in [0.1, 0.15) is 5.56 Å². The quantitative estimate of drug-likeness (QED) is 0.755. The molecule has 3 N–H and O–H groups in total. The first-order valence-corrected chi connectivity index (χ1v) is 8.52. The van der Waals surface area contributed by atoms with Crippen LogP contribution in [0.25, 0.3) is 11.1 Å². The highest BCUT2D eigenvalue weighted by molar-refractivity contribution is 7.99. The highest BCUT2D eigenvalue weighted by Gasteiger charge is 2.38. The molecule has 0 spiro atoms. The highest BCUT2D eigenvalue weighted by Crippen LogP contribution is 2.31. The van der Waals surface area contributed by atoms with Gasteiger partial charge in [0.15, 0.2) is 5.44 Å². The summed E-state index contributed by atoms with van der Waals surface area (Å²) in [7, 11) is 0. The fourth-order valence-corrected chi connectivity index (χ4v) is 3.56. The van der Waals surface area contributed by atoms with E-state index in [1.165, 1.54) is 36.3 Å². The summed E-state index contributed by atoms with van der Waals surface area (Å²) in [5.41, 5.74) is 0.310. The van der Waals surface area contributed by atoms with Crippen molar-refractivity contribution in [2.45, 2.75) is 23.7 Å². The molecule has 1 fully saturated rings. The molecule has 25 heavy (non-hydrogen) atoms. The number of pyridine rings is 1. The lowest BCUT2D eigenvalue weighted by Gasteiger charge is -2.34. The van der Waals surface area contributed by atoms with Crippen LogP contribution in [0.2, 0.25) is 0 Å². The van der Waals surface area contributed by atoms with Crippen molar-refractivity contribution in [3.63, 3.8) is 0 Å². The van der Waals surface area contributed by atoms with Crippen LogP contribution in [0.4, 0.5) is 4.39 Å². The summed E-state index contributed by atoms with van der Waals surface area (Å²) in [6.45, 7) is 0. The maximum atomic E-state index is 13.8. The molecule has 130 valence electrons. The van der Waals surface area contributed by atoms with Crippen LogP contribution in [0, 0.1) is 17.1 Å². The van der Waals surface area contributed by atoms with Crippen molar-refractivity contribution in [3.8, 4) is 22.9 Å². The van der Waals surface area contributed by atoms with E-state index in [-0.39, 0.29) is 11.3 Å². The smallest absolute Gasteiger partial charge is 0.173 e. The van der Waals surface area contributed by atoms with E-state index >= 15 is 0 Å². The summed E-state index contributed by atoms with van der Waals surface area (Å²) < 4.78 is 19.4. The predicted molar refractivity (Wildman–Crippen MR) is 89.2 cm³/mol. The van der Waals surface area contributed by atoms with Gasteiger partial charge in [0.05, 0.1) is 17.9 Å². The van der Waals surface area contributed by atoms with Crippen LogP contribution in [-0.4, -0.2) is 49.8 Å². The van der Waals surface area contributed by atoms with Crippen molar-refractivity contribution in [1.82, 2.24) is 4.98 Å². The van der Waals surface area contributed by atoms with E-state index in [0.717, 1.165) is 0 Å². The van der Waals surface area contributed by atoms with E-state index in [2.05, 4.69) is 4.98 Å². The topological polar surface area (TPSA) is 107 Å². The fraction of sp³-hybridized carbons (Fsp3) is 0.294. The molecule has 2 aromatic rings. The van der Waals surface area contributed by atoms with E-state index < -0.39 is 29.6 Å². The van der Waals surface area contributed by atoms with Gasteiger partial charge in [0.25, 0.3) is 0 Å². The van der Waals surface area contributed by atoms with Crippen LogP contribution in [0.3, 0.4) is 0 Å². The summed E-state index contributed by atoms with van der Waals surface area (Å²) in [6.07, 6.45) is -0.573. The maximum absolute atomic E-state index is 13.8. The van der Waals surface area contributed by atoms with Crippen LogP contribution < -0.4 is 4.74 Å². The standard InChI is InChI=1S/C17H15FN2O4S/c18-13-4-9(1-2-10(13)5-19)11-3-12(7-20-6-11)24-17-16(23)15(22)14(21)8-25-17/h1-4,6-7,14-17,21-23H,8H2/t14-,15+,16-,17+/m1/s1. The monoisotopic (exact) mass is 362 g/mol. The van der Waals surface area contributed by atoms with Crippen molar-refractivity contribution >= 4 is 11.8 Å². The third kappa shape index (κ3) is 3.75. The molecule has 0 saturated carbocycles. The van der Waals surface area contributed by atoms with Gasteiger partial charge in [-0.1, -0.05) is 6.07 Å². The molecule has 1 saturated heterocycles. The number of hydrogen-bond acceptors (Lipinski definition) is 7. The van der Waals surface area contributed by atoms with Crippen molar-refractivity contribution < 1.29 is 24.4 Å². The third-order valence-electron chi connectivity index (χ3n) is 3.84. The first kappa shape index (κ1) is 17.6. The van der Waals surface area contributed by atoms with Gasteiger partial charge in [0.1, 0.15) is 29.8 Å². The molecule has 1 aliphatic heterocycles. The average Bonchev–Trinajstić information content (AvgIpc) is 2.62. The van der Waals surface area contributed by atoms with Crippen molar-refractivity contribution in [1.29, 1.82) is 5.26 Å². The van der Waals surface area contributed by atoms with Crippen LogP contribution in [-0.2, 0) is 0 Å². The molecule has 1 aliphatic rings. The number of rotatable bonds is 3. The number of hydrogen-bond donors (Lipinski definition) is 3. The lowest BCUT2D eigenvalue weighted by molar-refractivity contribution is -0.0786. The Labute approximate surface area is 147 Å². The molecule has 0 bridgehead atoms. The normalized spacial score (nSPS) is 26.0. The fourth-order valence-electron chi connectivity index (χ4n) is 2.44. The molecule has 0 unspecified atom stereocenters. The summed E-state index contributed by atoms with van der Waals surface area (Å²) in [5.74, 6) is -0.0549. The zero-order valence-electron chi connectivity index (χ0n) is 12.9. The molecule has 1 aromatic heterocycles. The van der Waals surface area contributed by atoms with Crippen LogP contribution in [0.5, 0.6) is 5.75 Å². The van der Waals surface area contributed by atoms with Gasteiger partial charge in [-0.25, -0.2) is 4.39 Å². The first-order valence-electron chi connectivity index (χ1n) is 7.47. The second-order valence-electron chi connectivity index (χ2n) is 5.58. The van der Waals surface area contributed by atoms with Gasteiger partial charge in [-0.15, -0.1) is 11.8 Å². The number of benzene rings is 1. The van der Waals surface area contributed by atoms with Crippen LogP contribution in [0.15, 0.2) is 36.7 Å². The number of halogens is 1. The summed E-state index contributed by atoms with van der Waals surface area (Å²) in [4.78, 5) is 4.04. The molecule has 1 aromatic carbocycles. The van der Waals surface area contributed by atoms with Gasteiger partial charge < -0.3 is 20.1 Å². The number of aliphatic hydroxyl groups excluding tert-OH is 3. The number of aromatic nitrogens is 1. The van der Waals surface area contributed by atoms with E-state index in [0.29, 0.717) is 16.9 Å². The average molecular weight is 362 g/mol. The molecular formula is C17H15FN2O4S. The second-order valence-corrected chi connectivity index (χ2v) is 6.72. The zero-order chi connectivity index (χ0) is 18.0. The zero-order valence-corrected chi connectivity index (χ0v) is 13.7. The Morgan fingerprint density at radius 1 is 1.16 bits per heavy atom. The Bertz CT molecular complexity index is 813. The number of ether oxygens (including phenoxy) is 1. The Morgan fingerprint density at radius 2 is 1.96 bits per heavy atom. The van der Waals surface area contributed by atoms with E-state index in [1.807, 2.05) is 0 Å². The van der Waals surface area contributed by atoms with E-state index in [9.17, 15) is 19.7 Å². The number of thioether (sulfide) groups is 1. The second kappa shape index (κ2) is 7.37. The van der Waals surface area contributed by atoms with E-state index in [1.54, 1.807) is 18.2 Å². The summed E-state index contributed by atoms with van der Waals surface area (Å²) >= 11 is 1.18. The van der Waals surface area contributed by atoms with Gasteiger partial charge in [-0.05, 0) is 23.8 Å². The summed E-state index contributed by atoms with van der Waals surface area (Å²) in [5, 5.41) is 38.0. The Hall–Kier alpha value is -2.18. The van der Waals surface area contributed by atoms with Crippen molar-refractivity contribution in [3.05, 3.63) is 48.0 Å². The van der Waals surface area contributed by atoms with Gasteiger partial charge in [-0.2, -0.15) is 5.26 Å². The first-order chi connectivity index (χ1) is 12.0. The minimum Gasteiger partial charge on any atom is -0.475 e. The maximum Gasteiger partial charge on any atom is 0.173 e. The Morgan fingerprint density at radius 3 is 2.68 bits per heavy atom. The molecule has 3 rings (SSSR count). The minimum atomic E-state index is -1.28. The van der Waals surface area contributed by atoms with Gasteiger partial charge in [-0.3, -0.25) is 4.98 Å². The molecule has 8 heteroatoms. The Kier molecular flexibility index (Phi) is 5.20. The number of nitriles is 1. The molecule has 0 aliphatic carbocycles. The van der Waals surface area contributed by atoms with Gasteiger partial charge >= 0.3 is 0 Å². The molecule has 0 amide bonds. The SMILES string of the molecule is N#Cc1ccc(-c2cncc(O[C@H]3SC[C@@H](O)[C@H](O)[C@H]3O)c2)cc1F. The minimum absolute atomic E-state index is 0.0432. The summed E-state index contributed by atoms with van der Waals surface area (Å²) in [6, 6.07) is 7.61. The molecule has 2 heterocycles. The van der Waals surface area contributed by atoms with E-state index in [4.69, 9.17) is 10.00 Å². The molecule has 4 atom stereocenters. The lowest BCUT2D eigenvalue weighted by Crippen LogP contribution is -2.50. The molecule has 0 radical (unpaired) electrons. The molecular weight excluding hydrogens is 347 g/mol. The van der Waals surface area contributed by atoms with Crippen molar-refractivity contribution in [2.24, 2.45) is 0 Å². The van der Waals surface area contributed by atoms with Gasteiger partial charge in [0.2, 0.25) is 0 Å². The van der Waals surface area contributed by atoms with Gasteiger partial charge in [0, 0.05) is 17.5 Å². The largest absolute Gasteiger partial charge is 0.475 e.